The molecule has 3 heterocycles. The molecule has 2 aromatic heterocycles. The Hall–Kier alpha value is -3.39. The van der Waals surface area contributed by atoms with E-state index in [0.717, 1.165) is 5.39 Å². The van der Waals surface area contributed by atoms with Crippen LogP contribution in [0.4, 0.5) is 0 Å². The van der Waals surface area contributed by atoms with E-state index in [9.17, 15) is 4.79 Å². The second-order valence-corrected chi connectivity index (χ2v) is 7.23. The molecule has 0 unspecified atom stereocenters. The molecule has 1 aromatic carbocycles. The molecule has 0 aliphatic carbocycles. The van der Waals surface area contributed by atoms with Crippen molar-refractivity contribution in [2.75, 3.05) is 0 Å². The number of amides is 1. The van der Waals surface area contributed by atoms with Crippen molar-refractivity contribution in [1.29, 1.82) is 5.26 Å². The van der Waals surface area contributed by atoms with Crippen LogP contribution in [0, 0.1) is 23.2 Å². The number of carbonyl (C=O) groups is 1. The van der Waals surface area contributed by atoms with Gasteiger partial charge in [0.15, 0.2) is 5.58 Å². The van der Waals surface area contributed by atoms with Crippen LogP contribution in [-0.2, 0) is 4.79 Å². The molecule has 0 spiro atoms. The molecule has 3 aromatic rings. The number of nitriles is 1. The summed E-state index contributed by atoms with van der Waals surface area (Å²) in [5, 5.41) is 12.5. The number of benzene rings is 1. The molecule has 128 valence electrons. The lowest BCUT2D eigenvalue weighted by molar-refractivity contribution is -0.115. The van der Waals surface area contributed by atoms with Crippen molar-refractivity contribution in [3.8, 4) is 17.9 Å². The third-order valence-corrected chi connectivity index (χ3v) is 4.90. The molecule has 1 saturated heterocycles. The van der Waals surface area contributed by atoms with E-state index in [1.54, 1.807) is 42.7 Å². The average molecular weight is 387 g/mol. The fourth-order valence-electron chi connectivity index (χ4n) is 2.52. The number of aromatic nitrogens is 1. The van der Waals surface area contributed by atoms with Crippen LogP contribution in [0.25, 0.3) is 17.0 Å². The third-order valence-electron chi connectivity index (χ3n) is 3.74. The molecule has 27 heavy (non-hydrogen) atoms. The molecule has 4 rings (SSSR count). The van der Waals surface area contributed by atoms with Crippen molar-refractivity contribution < 1.29 is 9.21 Å². The maximum atomic E-state index is 11.8. The first-order chi connectivity index (χ1) is 13.1. The second kappa shape index (κ2) is 7.08. The second-order valence-electron chi connectivity index (χ2n) is 5.51. The van der Waals surface area contributed by atoms with Gasteiger partial charge in [-0.2, -0.15) is 5.26 Å². The predicted octanol–water partition coefficient (Wildman–Crippen LogP) is 3.59. The minimum absolute atomic E-state index is 0.239. The van der Waals surface area contributed by atoms with Gasteiger partial charge in [-0.05, 0) is 18.2 Å². The van der Waals surface area contributed by atoms with Crippen LogP contribution in [-0.4, -0.2) is 15.2 Å². The fourth-order valence-corrected chi connectivity index (χ4v) is 3.54. The summed E-state index contributed by atoms with van der Waals surface area (Å²) >= 11 is 6.18. The highest BCUT2D eigenvalue weighted by molar-refractivity contribution is 8.26. The van der Waals surface area contributed by atoms with Gasteiger partial charge in [0, 0.05) is 29.4 Å². The number of carbonyl (C=O) groups excluding carboxylic acids is 1. The Bertz CT molecular complexity index is 1240. The van der Waals surface area contributed by atoms with E-state index < -0.39 is 0 Å². The summed E-state index contributed by atoms with van der Waals surface area (Å²) in [6.45, 7) is 0. The van der Waals surface area contributed by atoms with Crippen LogP contribution in [0.3, 0.4) is 0 Å². The first kappa shape index (κ1) is 17.0. The van der Waals surface area contributed by atoms with Gasteiger partial charge in [-0.3, -0.25) is 9.78 Å². The number of pyridine rings is 1. The van der Waals surface area contributed by atoms with Gasteiger partial charge < -0.3 is 9.73 Å². The third kappa shape index (κ3) is 3.47. The minimum atomic E-state index is -0.239. The molecule has 7 heteroatoms. The number of thioether (sulfide) groups is 1. The van der Waals surface area contributed by atoms with Crippen molar-refractivity contribution in [2.45, 2.75) is 0 Å². The normalized spacial score (nSPS) is 14.7. The van der Waals surface area contributed by atoms with Gasteiger partial charge in [0.2, 0.25) is 0 Å². The number of fused-ring (bicyclic) bond motifs is 1. The smallest absolute Gasteiger partial charge is 0.263 e. The number of thiocarbonyl (C=S) groups is 1. The Morgan fingerprint density at radius 2 is 1.96 bits per heavy atom. The molecular weight excluding hydrogens is 378 g/mol. The van der Waals surface area contributed by atoms with Crippen molar-refractivity contribution in [3.05, 3.63) is 70.1 Å². The number of rotatable bonds is 1. The summed E-state index contributed by atoms with van der Waals surface area (Å²) in [7, 11) is 0. The van der Waals surface area contributed by atoms with E-state index in [2.05, 4.69) is 28.2 Å². The molecule has 0 atom stereocenters. The summed E-state index contributed by atoms with van der Waals surface area (Å²) in [6.07, 6.45) is 4.92. The highest BCUT2D eigenvalue weighted by Crippen LogP contribution is 2.29. The summed E-state index contributed by atoms with van der Waals surface area (Å²) in [6, 6.07) is 11.0. The standard InChI is InChI=1S/C20H9N3O2S2/c21-9-13-4-2-1-3-12(13)5-6-14-10-22-11-15-7-16(25-18(14)15)8-17-19(24)23-20(26)27-17/h1-4,7-8,10-11H,(H,23,24,26)/b17-8-. The van der Waals surface area contributed by atoms with Crippen LogP contribution in [0.5, 0.6) is 0 Å². The van der Waals surface area contributed by atoms with Crippen LogP contribution < -0.4 is 5.32 Å². The van der Waals surface area contributed by atoms with E-state index >= 15 is 0 Å². The number of hydrogen-bond donors (Lipinski definition) is 1. The van der Waals surface area contributed by atoms with Crippen molar-refractivity contribution in [1.82, 2.24) is 10.3 Å². The lowest BCUT2D eigenvalue weighted by Gasteiger charge is -1.94. The predicted molar refractivity (Wildman–Crippen MR) is 107 cm³/mol. The average Bonchev–Trinajstić information content (AvgIpc) is 3.22. The summed E-state index contributed by atoms with van der Waals surface area (Å²) in [5.41, 5.74) is 2.32. The first-order valence-corrected chi connectivity index (χ1v) is 9.00. The molecule has 0 radical (unpaired) electrons. The Kier molecular flexibility index (Phi) is 4.47. The van der Waals surface area contributed by atoms with Gasteiger partial charge in [-0.1, -0.05) is 48.0 Å². The summed E-state index contributed by atoms with van der Waals surface area (Å²) < 4.78 is 6.29. The minimum Gasteiger partial charge on any atom is -0.455 e. The number of hydrogen-bond acceptors (Lipinski definition) is 6. The number of nitrogens with zero attached hydrogens (tertiary/aromatic N) is 2. The fraction of sp³-hybridized carbons (Fsp3) is 0. The van der Waals surface area contributed by atoms with Gasteiger partial charge >= 0.3 is 0 Å². The Labute approximate surface area is 164 Å². The topological polar surface area (TPSA) is 78.9 Å². The van der Waals surface area contributed by atoms with E-state index in [4.69, 9.17) is 21.9 Å². The molecule has 0 bridgehead atoms. The molecule has 1 amide bonds. The highest BCUT2D eigenvalue weighted by Gasteiger charge is 2.22. The van der Waals surface area contributed by atoms with Crippen LogP contribution in [0.1, 0.15) is 22.5 Å². The van der Waals surface area contributed by atoms with Gasteiger partial charge in [0.25, 0.3) is 5.91 Å². The molecule has 5 nitrogen and oxygen atoms in total. The van der Waals surface area contributed by atoms with Crippen LogP contribution in [0.15, 0.2) is 52.0 Å². The molecule has 1 fully saturated rings. The van der Waals surface area contributed by atoms with Gasteiger partial charge in [0.05, 0.1) is 16.0 Å². The lowest BCUT2D eigenvalue weighted by Crippen LogP contribution is -2.17. The number of nitrogens with one attached hydrogen (secondary N) is 1. The SMILES string of the molecule is N#Cc1ccccc1C#Cc1cncc2cc(/C=C3\SC(=S)NC3=O)oc12. The molecule has 0 saturated carbocycles. The highest BCUT2D eigenvalue weighted by atomic mass is 32.2. The van der Waals surface area contributed by atoms with Crippen molar-refractivity contribution in [2.24, 2.45) is 0 Å². The largest absolute Gasteiger partial charge is 0.455 e. The summed E-state index contributed by atoms with van der Waals surface area (Å²) in [4.78, 5) is 16.5. The Morgan fingerprint density at radius 3 is 2.70 bits per heavy atom. The lowest BCUT2D eigenvalue weighted by atomic mass is 10.1. The molecule has 1 aliphatic rings. The number of furan rings is 1. The van der Waals surface area contributed by atoms with Crippen LogP contribution >= 0.6 is 24.0 Å². The maximum Gasteiger partial charge on any atom is 0.263 e. The van der Waals surface area contributed by atoms with E-state index in [-0.39, 0.29) is 5.91 Å². The summed E-state index contributed by atoms with van der Waals surface area (Å²) in [5.74, 6) is 6.29. The quantitative estimate of drug-likeness (QED) is 0.391. The monoisotopic (exact) mass is 387 g/mol. The van der Waals surface area contributed by atoms with Gasteiger partial charge in [-0.25, -0.2) is 0 Å². The zero-order valence-electron chi connectivity index (χ0n) is 13.6. The Balaban J connectivity index is 1.74. The zero-order valence-corrected chi connectivity index (χ0v) is 15.3. The van der Waals surface area contributed by atoms with Gasteiger partial charge in [0.1, 0.15) is 16.2 Å². The van der Waals surface area contributed by atoms with E-state index in [1.807, 2.05) is 6.07 Å². The van der Waals surface area contributed by atoms with Crippen molar-refractivity contribution >= 4 is 51.3 Å². The van der Waals surface area contributed by atoms with E-state index in [1.165, 1.54) is 11.8 Å². The zero-order chi connectivity index (χ0) is 18.8. The Morgan fingerprint density at radius 1 is 1.19 bits per heavy atom. The molecular formula is C20H9N3O2S2. The van der Waals surface area contributed by atoms with E-state index in [0.29, 0.717) is 37.3 Å². The van der Waals surface area contributed by atoms with Crippen molar-refractivity contribution in [3.63, 3.8) is 0 Å². The first-order valence-electron chi connectivity index (χ1n) is 7.77. The maximum absolute atomic E-state index is 11.8. The van der Waals surface area contributed by atoms with Crippen LogP contribution in [0.2, 0.25) is 0 Å². The van der Waals surface area contributed by atoms with Gasteiger partial charge in [-0.15, -0.1) is 0 Å². The molecule has 1 aliphatic heterocycles. The molecule has 1 N–H and O–H groups in total.